The summed E-state index contributed by atoms with van der Waals surface area (Å²) >= 11 is 1.39. The Kier molecular flexibility index (Phi) is 6.62. The average Bonchev–Trinajstić information content (AvgIpc) is 3.50. The quantitative estimate of drug-likeness (QED) is 0.212. The van der Waals surface area contributed by atoms with Gasteiger partial charge in [0, 0.05) is 34.0 Å². The van der Waals surface area contributed by atoms with Crippen LogP contribution in [0.15, 0.2) is 96.4 Å². The molecule has 2 bridgehead atoms. The van der Waals surface area contributed by atoms with Crippen LogP contribution in [-0.2, 0) is 4.79 Å². The van der Waals surface area contributed by atoms with Gasteiger partial charge in [0.15, 0.2) is 5.13 Å². The van der Waals surface area contributed by atoms with E-state index < -0.39 is 5.41 Å². The van der Waals surface area contributed by atoms with Crippen LogP contribution in [0.2, 0.25) is 0 Å². The van der Waals surface area contributed by atoms with Crippen LogP contribution in [0.25, 0.3) is 11.3 Å². The fourth-order valence-electron chi connectivity index (χ4n) is 6.81. The maximum absolute atomic E-state index is 14.0. The van der Waals surface area contributed by atoms with E-state index in [1.165, 1.54) is 33.6 Å². The van der Waals surface area contributed by atoms with Gasteiger partial charge in [-0.15, -0.1) is 11.3 Å². The fraction of sp³-hybridized carbons (Fsp3) is 0.194. The van der Waals surface area contributed by atoms with Crippen LogP contribution < -0.4 is 15.4 Å². The number of aromatic nitrogens is 1. The van der Waals surface area contributed by atoms with Gasteiger partial charge in [-0.2, -0.15) is 0 Å². The van der Waals surface area contributed by atoms with E-state index in [0.717, 1.165) is 29.0 Å². The van der Waals surface area contributed by atoms with E-state index in [1.807, 2.05) is 48.7 Å². The van der Waals surface area contributed by atoms with E-state index >= 15 is 0 Å². The number of fused-ring (bicyclic) bond motifs is 1. The van der Waals surface area contributed by atoms with Crippen molar-refractivity contribution in [1.29, 1.82) is 0 Å². The monoisotopic (exact) mass is 585 g/mol. The lowest BCUT2D eigenvalue weighted by Gasteiger charge is -2.50. The molecule has 3 aliphatic carbocycles. The lowest BCUT2D eigenvalue weighted by Crippen LogP contribution is -2.47. The van der Waals surface area contributed by atoms with Crippen molar-refractivity contribution in [1.82, 2.24) is 4.98 Å². The molecule has 0 aliphatic heterocycles. The first-order chi connectivity index (χ1) is 20.9. The predicted molar refractivity (Wildman–Crippen MR) is 171 cm³/mol. The maximum Gasteiger partial charge on any atom is 0.255 e. The second-order valence-corrected chi connectivity index (χ2v) is 12.4. The molecule has 0 fully saturated rings. The third-order valence-corrected chi connectivity index (χ3v) is 9.73. The second kappa shape index (κ2) is 10.5. The Hall–Kier alpha value is -4.75. The number of carbonyl (C=O) groups is 2. The molecular weight excluding hydrogens is 554 g/mol. The number of nitrogens with zero attached hydrogens (tertiary/aromatic N) is 1. The van der Waals surface area contributed by atoms with Gasteiger partial charge in [0.25, 0.3) is 5.91 Å². The molecule has 1 unspecified atom stereocenters. The normalized spacial score (nSPS) is 19.7. The SMILES string of the molecule is COc1ccc(NC(=O)c2cccc(-c3csc(NC(=O)C4(C)CC5c6ccccc6C4c4ccccc45)n3)c2)c(C)c1. The highest BCUT2D eigenvalue weighted by Crippen LogP contribution is 2.61. The van der Waals surface area contributed by atoms with Crippen molar-refractivity contribution in [2.75, 3.05) is 17.7 Å². The first kappa shape index (κ1) is 27.1. The molecule has 2 N–H and O–H groups in total. The molecule has 214 valence electrons. The molecular formula is C36H31N3O3S. The highest BCUT2D eigenvalue weighted by atomic mass is 32.1. The third kappa shape index (κ3) is 4.61. The van der Waals surface area contributed by atoms with E-state index in [9.17, 15) is 9.59 Å². The lowest BCUT2D eigenvalue weighted by molar-refractivity contribution is -0.126. The summed E-state index contributed by atoms with van der Waals surface area (Å²) in [6.45, 7) is 4.02. The van der Waals surface area contributed by atoms with Crippen LogP contribution in [0.1, 0.15) is 63.4 Å². The van der Waals surface area contributed by atoms with E-state index in [2.05, 4.69) is 66.1 Å². The molecule has 1 aromatic heterocycles. The van der Waals surface area contributed by atoms with Crippen molar-refractivity contribution in [3.8, 4) is 17.0 Å². The first-order valence-electron chi connectivity index (χ1n) is 14.4. The lowest BCUT2D eigenvalue weighted by atomic mass is 9.52. The predicted octanol–water partition coefficient (Wildman–Crippen LogP) is 8.01. The van der Waals surface area contributed by atoms with Crippen molar-refractivity contribution < 1.29 is 14.3 Å². The molecule has 0 saturated heterocycles. The Morgan fingerprint density at radius 3 is 2.26 bits per heavy atom. The smallest absolute Gasteiger partial charge is 0.255 e. The summed E-state index contributed by atoms with van der Waals surface area (Å²) in [5.41, 5.74) is 8.22. The molecule has 7 heteroatoms. The number of carbonyl (C=O) groups excluding carboxylic acids is 2. The molecule has 6 nitrogen and oxygen atoms in total. The van der Waals surface area contributed by atoms with Crippen molar-refractivity contribution in [3.63, 3.8) is 0 Å². The summed E-state index contributed by atoms with van der Waals surface area (Å²) in [5, 5.41) is 8.61. The van der Waals surface area contributed by atoms with E-state index in [1.54, 1.807) is 13.2 Å². The molecule has 43 heavy (non-hydrogen) atoms. The molecule has 4 aromatic carbocycles. The summed E-state index contributed by atoms with van der Waals surface area (Å²) in [4.78, 5) is 31.9. The number of hydrogen-bond acceptors (Lipinski definition) is 5. The summed E-state index contributed by atoms with van der Waals surface area (Å²) in [5.74, 6) is 0.683. The molecule has 2 amide bonds. The Bertz CT molecular complexity index is 1850. The maximum atomic E-state index is 14.0. The van der Waals surface area contributed by atoms with Crippen LogP contribution in [0.5, 0.6) is 5.75 Å². The van der Waals surface area contributed by atoms with Gasteiger partial charge in [0.2, 0.25) is 5.91 Å². The van der Waals surface area contributed by atoms with Crippen LogP contribution >= 0.6 is 11.3 Å². The van der Waals surface area contributed by atoms with Crippen molar-refractivity contribution in [3.05, 3.63) is 130 Å². The minimum atomic E-state index is -0.614. The second-order valence-electron chi connectivity index (χ2n) is 11.6. The number of anilines is 2. The van der Waals surface area contributed by atoms with Gasteiger partial charge in [0.1, 0.15) is 5.75 Å². The number of aryl methyl sites for hydroxylation is 1. The molecule has 0 saturated carbocycles. The van der Waals surface area contributed by atoms with Gasteiger partial charge in [0.05, 0.1) is 18.2 Å². The minimum absolute atomic E-state index is 0.0182. The average molecular weight is 586 g/mol. The van der Waals surface area contributed by atoms with E-state index in [0.29, 0.717) is 16.4 Å². The van der Waals surface area contributed by atoms with Crippen LogP contribution in [-0.4, -0.2) is 23.9 Å². The largest absolute Gasteiger partial charge is 0.497 e. The third-order valence-electron chi connectivity index (χ3n) is 8.98. The first-order valence-corrected chi connectivity index (χ1v) is 15.2. The topological polar surface area (TPSA) is 80.3 Å². The summed E-state index contributed by atoms with van der Waals surface area (Å²) in [7, 11) is 1.62. The zero-order chi connectivity index (χ0) is 29.7. The van der Waals surface area contributed by atoms with Gasteiger partial charge in [-0.3, -0.25) is 9.59 Å². The highest BCUT2D eigenvalue weighted by Gasteiger charge is 2.54. The molecule has 0 spiro atoms. The molecule has 1 heterocycles. The Balaban J connectivity index is 1.11. The summed E-state index contributed by atoms with van der Waals surface area (Å²) in [6, 6.07) is 30.0. The minimum Gasteiger partial charge on any atom is -0.497 e. The van der Waals surface area contributed by atoms with Gasteiger partial charge >= 0.3 is 0 Å². The van der Waals surface area contributed by atoms with Gasteiger partial charge < -0.3 is 15.4 Å². The number of ether oxygens (including phenoxy) is 1. The van der Waals surface area contributed by atoms with Crippen LogP contribution in [0.4, 0.5) is 10.8 Å². The zero-order valence-electron chi connectivity index (χ0n) is 24.2. The number of amides is 2. The number of hydrogen-bond donors (Lipinski definition) is 2. The molecule has 3 aliphatic rings. The zero-order valence-corrected chi connectivity index (χ0v) is 25.0. The number of nitrogens with one attached hydrogen (secondary N) is 2. The molecule has 1 atom stereocenters. The van der Waals surface area contributed by atoms with Gasteiger partial charge in [-0.25, -0.2) is 4.98 Å². The fourth-order valence-corrected chi connectivity index (χ4v) is 7.53. The Labute approximate surface area is 254 Å². The molecule has 0 radical (unpaired) electrons. The number of benzene rings is 4. The summed E-state index contributed by atoms with van der Waals surface area (Å²) < 4.78 is 5.27. The van der Waals surface area contributed by atoms with Crippen molar-refractivity contribution in [2.45, 2.75) is 32.1 Å². The Morgan fingerprint density at radius 1 is 0.884 bits per heavy atom. The number of rotatable bonds is 6. The Morgan fingerprint density at radius 2 is 1.58 bits per heavy atom. The molecule has 5 aromatic rings. The van der Waals surface area contributed by atoms with Gasteiger partial charge in [-0.1, -0.05) is 60.7 Å². The van der Waals surface area contributed by atoms with E-state index in [-0.39, 0.29) is 23.7 Å². The highest BCUT2D eigenvalue weighted by molar-refractivity contribution is 7.14. The van der Waals surface area contributed by atoms with Crippen LogP contribution in [0.3, 0.4) is 0 Å². The van der Waals surface area contributed by atoms with Crippen molar-refractivity contribution >= 4 is 34.0 Å². The van der Waals surface area contributed by atoms with Crippen LogP contribution in [0, 0.1) is 12.3 Å². The molecule has 8 rings (SSSR count). The van der Waals surface area contributed by atoms with E-state index in [4.69, 9.17) is 9.72 Å². The summed E-state index contributed by atoms with van der Waals surface area (Å²) in [6.07, 6.45) is 0.751. The van der Waals surface area contributed by atoms with Gasteiger partial charge in [-0.05, 0) is 78.4 Å². The standard InChI is InChI=1S/C36H31N3O3S/c1-21-17-24(42-3)15-16-30(21)37-33(40)23-10-8-9-22(18-23)31-20-43-35(38-31)39-34(41)36(2)19-29-25-11-4-6-13-27(25)32(36)28-14-7-5-12-26(28)29/h4-18,20,29,32H,19H2,1-3H3,(H,37,40)(H,38,39,41). The number of methoxy groups -OCH3 is 1. The number of thiazole rings is 1. The van der Waals surface area contributed by atoms with Crippen molar-refractivity contribution in [2.24, 2.45) is 5.41 Å².